The summed E-state index contributed by atoms with van der Waals surface area (Å²) >= 11 is 0. The number of piperidine rings is 1. The second kappa shape index (κ2) is 5.09. The topological polar surface area (TPSA) is 60.9 Å². The van der Waals surface area contributed by atoms with E-state index < -0.39 is 5.97 Å². The van der Waals surface area contributed by atoms with Gasteiger partial charge in [-0.05, 0) is 23.0 Å². The summed E-state index contributed by atoms with van der Waals surface area (Å²) in [5.74, 6) is -0.309. The average Bonchev–Trinajstić information content (AvgIpc) is 2.88. The van der Waals surface area contributed by atoms with E-state index in [1.165, 1.54) is 11.1 Å². The molecule has 1 aliphatic carbocycles. The second-order valence-corrected chi connectivity index (χ2v) is 6.72. The van der Waals surface area contributed by atoms with E-state index in [-0.39, 0.29) is 23.7 Å². The minimum atomic E-state index is -0.697. The molecule has 2 aliphatic heterocycles. The highest BCUT2D eigenvalue weighted by molar-refractivity contribution is 5.79. The second-order valence-electron chi connectivity index (χ2n) is 6.72. The van der Waals surface area contributed by atoms with Gasteiger partial charge in [0.25, 0.3) is 0 Å². The number of carboxylic acid groups (broad SMARTS) is 1. The fraction of sp³-hybridized carbons (Fsp3) is 0.529. The van der Waals surface area contributed by atoms with Gasteiger partial charge in [0.15, 0.2) is 0 Å². The molecule has 0 spiro atoms. The summed E-state index contributed by atoms with van der Waals surface area (Å²) in [7, 11) is 0. The number of aliphatic carboxylic acids is 1. The maximum Gasteiger partial charge on any atom is 0.307 e. The lowest BCUT2D eigenvalue weighted by molar-refractivity contribution is -0.141. The van der Waals surface area contributed by atoms with Crippen molar-refractivity contribution in [2.75, 3.05) is 19.6 Å². The molecule has 1 unspecified atom stereocenters. The molecule has 2 heterocycles. The summed E-state index contributed by atoms with van der Waals surface area (Å²) in [6.45, 7) is 3.91. The van der Waals surface area contributed by atoms with Crippen molar-refractivity contribution in [3.63, 3.8) is 0 Å². The number of carboxylic acids is 1. The molecule has 4 rings (SSSR count). The van der Waals surface area contributed by atoms with Crippen molar-refractivity contribution in [1.82, 2.24) is 9.80 Å². The fourth-order valence-corrected chi connectivity index (χ4v) is 4.07. The number of rotatable bonds is 4. The Bertz CT molecular complexity index is 593. The Morgan fingerprint density at radius 2 is 1.68 bits per heavy atom. The van der Waals surface area contributed by atoms with Crippen LogP contribution in [0.3, 0.4) is 0 Å². The van der Waals surface area contributed by atoms with Gasteiger partial charge in [0.05, 0.1) is 5.92 Å². The van der Waals surface area contributed by atoms with Crippen molar-refractivity contribution in [3.05, 3.63) is 35.4 Å². The van der Waals surface area contributed by atoms with Crippen molar-refractivity contribution in [2.24, 2.45) is 17.8 Å². The third-order valence-corrected chi connectivity index (χ3v) is 5.38. The van der Waals surface area contributed by atoms with Crippen LogP contribution < -0.4 is 0 Å². The van der Waals surface area contributed by atoms with Gasteiger partial charge in [0, 0.05) is 39.1 Å². The van der Waals surface area contributed by atoms with Gasteiger partial charge in [-0.25, -0.2) is 0 Å². The standard InChI is InChI=1S/C17H20N2O3/c20-15(19-9-13-14(10-19)16(13)17(21)22)5-6-18-7-11-3-1-2-4-12(11)8-18/h1-4,13-14,16H,5-10H2,(H,21,22)/t13-,14+,16?. The molecular formula is C17H20N2O3. The summed E-state index contributed by atoms with van der Waals surface area (Å²) in [5.41, 5.74) is 2.73. The SMILES string of the molecule is O=C(O)C1[C@H]2CN(C(=O)CCN3Cc4ccccc4C3)C[C@@H]12. The number of likely N-dealkylation sites (tertiary alicyclic amines) is 1. The van der Waals surface area contributed by atoms with Gasteiger partial charge in [0.2, 0.25) is 5.91 Å². The van der Waals surface area contributed by atoms with E-state index in [1.807, 2.05) is 4.90 Å². The fourth-order valence-electron chi connectivity index (χ4n) is 4.07. The van der Waals surface area contributed by atoms with E-state index in [4.69, 9.17) is 5.11 Å². The summed E-state index contributed by atoms with van der Waals surface area (Å²) < 4.78 is 0. The maximum atomic E-state index is 12.3. The Morgan fingerprint density at radius 1 is 1.09 bits per heavy atom. The number of hydrogen-bond acceptors (Lipinski definition) is 3. The Labute approximate surface area is 129 Å². The first kappa shape index (κ1) is 13.8. The lowest BCUT2D eigenvalue weighted by Gasteiger charge is -2.21. The number of benzene rings is 1. The first-order valence-corrected chi connectivity index (χ1v) is 7.93. The first-order chi connectivity index (χ1) is 10.6. The molecule has 0 bridgehead atoms. The van der Waals surface area contributed by atoms with Gasteiger partial charge in [-0.1, -0.05) is 24.3 Å². The van der Waals surface area contributed by atoms with E-state index in [0.717, 1.165) is 19.6 Å². The van der Waals surface area contributed by atoms with Gasteiger partial charge in [0.1, 0.15) is 0 Å². The van der Waals surface area contributed by atoms with Gasteiger partial charge in [-0.15, -0.1) is 0 Å². The van der Waals surface area contributed by atoms with Gasteiger partial charge >= 0.3 is 5.97 Å². The highest BCUT2D eigenvalue weighted by Gasteiger charge is 2.60. The molecule has 1 aromatic carbocycles. The number of amides is 1. The smallest absolute Gasteiger partial charge is 0.307 e. The Hall–Kier alpha value is -1.88. The number of carbonyl (C=O) groups is 2. The normalized spacial score (nSPS) is 29.3. The molecule has 0 aromatic heterocycles. The quantitative estimate of drug-likeness (QED) is 0.907. The molecule has 2 fully saturated rings. The summed E-state index contributed by atoms with van der Waals surface area (Å²) in [6.07, 6.45) is 0.533. The zero-order chi connectivity index (χ0) is 15.3. The molecule has 5 nitrogen and oxygen atoms in total. The molecule has 1 N–H and O–H groups in total. The van der Waals surface area contributed by atoms with Crippen LogP contribution in [0.15, 0.2) is 24.3 Å². The van der Waals surface area contributed by atoms with E-state index in [0.29, 0.717) is 19.5 Å². The van der Waals surface area contributed by atoms with Crippen LogP contribution >= 0.6 is 0 Å². The number of hydrogen-bond donors (Lipinski definition) is 1. The third-order valence-electron chi connectivity index (χ3n) is 5.38. The first-order valence-electron chi connectivity index (χ1n) is 7.93. The van der Waals surface area contributed by atoms with E-state index in [9.17, 15) is 9.59 Å². The lowest BCUT2D eigenvalue weighted by atomic mass is 10.1. The highest BCUT2D eigenvalue weighted by Crippen LogP contribution is 2.51. The Kier molecular flexibility index (Phi) is 3.18. The zero-order valence-corrected chi connectivity index (χ0v) is 12.4. The maximum absolute atomic E-state index is 12.3. The van der Waals surface area contributed by atoms with Crippen LogP contribution in [-0.2, 0) is 22.7 Å². The molecule has 1 saturated heterocycles. The van der Waals surface area contributed by atoms with Crippen molar-refractivity contribution < 1.29 is 14.7 Å². The number of nitrogens with zero attached hydrogens (tertiary/aromatic N) is 2. The minimum Gasteiger partial charge on any atom is -0.481 e. The van der Waals surface area contributed by atoms with Crippen LogP contribution in [0.25, 0.3) is 0 Å². The molecule has 0 radical (unpaired) electrons. The van der Waals surface area contributed by atoms with Gasteiger partial charge in [-0.3, -0.25) is 14.5 Å². The van der Waals surface area contributed by atoms with Crippen molar-refractivity contribution in [1.29, 1.82) is 0 Å². The Morgan fingerprint density at radius 3 is 2.23 bits per heavy atom. The van der Waals surface area contributed by atoms with Crippen LogP contribution in [-0.4, -0.2) is 46.4 Å². The van der Waals surface area contributed by atoms with E-state index in [1.54, 1.807) is 0 Å². The van der Waals surface area contributed by atoms with Crippen LogP contribution in [0.2, 0.25) is 0 Å². The van der Waals surface area contributed by atoms with Gasteiger partial charge < -0.3 is 10.0 Å². The predicted molar refractivity (Wildman–Crippen MR) is 79.9 cm³/mol. The molecule has 1 saturated carbocycles. The van der Waals surface area contributed by atoms with E-state index >= 15 is 0 Å². The largest absolute Gasteiger partial charge is 0.481 e. The van der Waals surface area contributed by atoms with Crippen LogP contribution in [0.1, 0.15) is 17.5 Å². The average molecular weight is 300 g/mol. The summed E-state index contributed by atoms with van der Waals surface area (Å²) in [6, 6.07) is 8.42. The molecule has 5 heteroatoms. The molecule has 3 atom stereocenters. The molecule has 1 aromatic rings. The van der Waals surface area contributed by atoms with E-state index in [2.05, 4.69) is 29.2 Å². The molecule has 1 amide bonds. The van der Waals surface area contributed by atoms with Crippen molar-refractivity contribution >= 4 is 11.9 Å². The van der Waals surface area contributed by atoms with Crippen LogP contribution in [0, 0.1) is 17.8 Å². The third kappa shape index (κ3) is 2.29. The number of fused-ring (bicyclic) bond motifs is 2. The van der Waals surface area contributed by atoms with Gasteiger partial charge in [-0.2, -0.15) is 0 Å². The van der Waals surface area contributed by atoms with Crippen LogP contribution in [0.5, 0.6) is 0 Å². The lowest BCUT2D eigenvalue weighted by Crippen LogP contribution is -2.34. The van der Waals surface area contributed by atoms with Crippen LogP contribution in [0.4, 0.5) is 0 Å². The molecule has 22 heavy (non-hydrogen) atoms. The monoisotopic (exact) mass is 300 g/mol. The molecule has 3 aliphatic rings. The Balaban J connectivity index is 1.25. The molecule has 116 valence electrons. The predicted octanol–water partition coefficient (Wildman–Crippen LogP) is 1.18. The highest BCUT2D eigenvalue weighted by atomic mass is 16.4. The number of carbonyl (C=O) groups excluding carboxylic acids is 1. The minimum absolute atomic E-state index is 0.173. The summed E-state index contributed by atoms with van der Waals surface area (Å²) in [5, 5.41) is 9.01. The zero-order valence-electron chi connectivity index (χ0n) is 12.4. The summed E-state index contributed by atoms with van der Waals surface area (Å²) in [4.78, 5) is 27.4. The van der Waals surface area contributed by atoms with Crippen molar-refractivity contribution in [2.45, 2.75) is 19.5 Å². The van der Waals surface area contributed by atoms with Crippen molar-refractivity contribution in [3.8, 4) is 0 Å². The molecular weight excluding hydrogens is 280 g/mol.